The monoisotopic (exact) mass is 418 g/mol. The molecule has 5 rings (SSSR count). The molecular formula is C24H26N4OS. The highest BCUT2D eigenvalue weighted by atomic mass is 32.2. The Labute approximate surface area is 180 Å². The summed E-state index contributed by atoms with van der Waals surface area (Å²) in [6, 6.07) is 16.5. The van der Waals surface area contributed by atoms with Gasteiger partial charge in [0, 0.05) is 30.2 Å². The van der Waals surface area contributed by atoms with Crippen LogP contribution in [0.4, 0.5) is 0 Å². The predicted molar refractivity (Wildman–Crippen MR) is 124 cm³/mol. The minimum Gasteiger partial charge on any atom is -0.361 e. The fourth-order valence-electron chi connectivity index (χ4n) is 4.40. The molecule has 0 bridgehead atoms. The normalized spacial score (nSPS) is 16.4. The van der Waals surface area contributed by atoms with Gasteiger partial charge in [0.2, 0.25) is 5.91 Å². The molecule has 1 saturated heterocycles. The minimum absolute atomic E-state index is 0.158. The van der Waals surface area contributed by atoms with Crippen LogP contribution in [0.15, 0.2) is 54.7 Å². The van der Waals surface area contributed by atoms with Crippen molar-refractivity contribution in [1.29, 1.82) is 0 Å². The van der Waals surface area contributed by atoms with Gasteiger partial charge in [-0.25, -0.2) is 4.98 Å². The highest BCUT2D eigenvalue weighted by Crippen LogP contribution is 2.34. The van der Waals surface area contributed by atoms with Crippen LogP contribution in [0.25, 0.3) is 21.9 Å². The number of amides is 1. The number of para-hydroxylation sites is 3. The lowest BCUT2D eigenvalue weighted by molar-refractivity contribution is -0.129. The first-order valence-corrected chi connectivity index (χ1v) is 11.6. The van der Waals surface area contributed by atoms with Crippen LogP contribution in [0, 0.1) is 0 Å². The number of aromatic nitrogens is 3. The molecule has 1 aliphatic rings. The van der Waals surface area contributed by atoms with Gasteiger partial charge in [-0.1, -0.05) is 30.3 Å². The van der Waals surface area contributed by atoms with Crippen molar-refractivity contribution in [2.24, 2.45) is 0 Å². The van der Waals surface area contributed by atoms with Crippen LogP contribution < -0.4 is 0 Å². The minimum atomic E-state index is 0.158. The first-order valence-electron chi connectivity index (χ1n) is 10.6. The largest absolute Gasteiger partial charge is 0.361 e. The first-order chi connectivity index (χ1) is 14.7. The summed E-state index contributed by atoms with van der Waals surface area (Å²) < 4.78 is 0. The Kier molecular flexibility index (Phi) is 5.25. The van der Waals surface area contributed by atoms with Crippen LogP contribution in [0.5, 0.6) is 0 Å². The van der Waals surface area contributed by atoms with Gasteiger partial charge in [-0.05, 0) is 49.4 Å². The molecule has 0 radical (unpaired) electrons. The number of piperidine rings is 1. The summed E-state index contributed by atoms with van der Waals surface area (Å²) in [5, 5.41) is 1.47. The molecule has 1 unspecified atom stereocenters. The standard InChI is InChI=1S/C24H26N4OS/c1-16(24-26-21-8-4-5-9-22(21)27-24)30-15-23(29)28-12-10-17(11-13-28)19-14-25-20-7-3-2-6-18(19)20/h2-9,14,16-17,25H,10-13,15H2,1H3,(H,26,27). The van der Waals surface area contributed by atoms with Crippen molar-refractivity contribution in [2.45, 2.75) is 30.9 Å². The maximum atomic E-state index is 12.8. The highest BCUT2D eigenvalue weighted by molar-refractivity contribution is 8.00. The number of benzene rings is 2. The number of likely N-dealkylation sites (tertiary alicyclic amines) is 1. The highest BCUT2D eigenvalue weighted by Gasteiger charge is 2.26. The average molecular weight is 419 g/mol. The van der Waals surface area contributed by atoms with Crippen molar-refractivity contribution in [1.82, 2.24) is 19.9 Å². The van der Waals surface area contributed by atoms with Crippen LogP contribution in [-0.2, 0) is 4.79 Å². The maximum Gasteiger partial charge on any atom is 0.232 e. The molecule has 6 heteroatoms. The van der Waals surface area contributed by atoms with E-state index in [4.69, 9.17) is 0 Å². The molecule has 1 fully saturated rings. The first kappa shape index (κ1) is 19.2. The second kappa shape index (κ2) is 8.19. The number of fused-ring (bicyclic) bond motifs is 2. The fourth-order valence-corrected chi connectivity index (χ4v) is 5.25. The number of rotatable bonds is 5. The quantitative estimate of drug-likeness (QED) is 0.465. The number of nitrogens with one attached hydrogen (secondary N) is 2. The number of thioether (sulfide) groups is 1. The van der Waals surface area contributed by atoms with Gasteiger partial charge in [0.25, 0.3) is 0 Å². The van der Waals surface area contributed by atoms with Gasteiger partial charge < -0.3 is 14.9 Å². The molecular weight excluding hydrogens is 392 g/mol. The van der Waals surface area contributed by atoms with E-state index < -0.39 is 0 Å². The molecule has 1 amide bonds. The fraction of sp³-hybridized carbons (Fsp3) is 0.333. The number of aromatic amines is 2. The van der Waals surface area contributed by atoms with Crippen molar-refractivity contribution in [3.8, 4) is 0 Å². The van der Waals surface area contributed by atoms with E-state index in [-0.39, 0.29) is 11.2 Å². The smallest absolute Gasteiger partial charge is 0.232 e. The molecule has 0 saturated carbocycles. The second-order valence-electron chi connectivity index (χ2n) is 8.04. The Hall–Kier alpha value is -2.73. The molecule has 2 aromatic heterocycles. The number of imidazole rings is 1. The lowest BCUT2D eigenvalue weighted by Gasteiger charge is -2.32. The van der Waals surface area contributed by atoms with Gasteiger partial charge in [0.15, 0.2) is 0 Å². The van der Waals surface area contributed by atoms with E-state index in [2.05, 4.69) is 52.3 Å². The van der Waals surface area contributed by atoms with E-state index in [0.717, 1.165) is 42.8 Å². The third-order valence-electron chi connectivity index (χ3n) is 6.16. The van der Waals surface area contributed by atoms with Crippen molar-refractivity contribution < 1.29 is 4.79 Å². The number of hydrogen-bond acceptors (Lipinski definition) is 3. The summed E-state index contributed by atoms with van der Waals surface area (Å²) >= 11 is 1.66. The van der Waals surface area contributed by atoms with Gasteiger partial charge in [0.1, 0.15) is 5.82 Å². The molecule has 5 nitrogen and oxygen atoms in total. The van der Waals surface area contributed by atoms with E-state index >= 15 is 0 Å². The summed E-state index contributed by atoms with van der Waals surface area (Å²) in [4.78, 5) is 26.2. The molecule has 2 N–H and O–H groups in total. The Balaban J connectivity index is 1.16. The Morgan fingerprint density at radius 1 is 1.13 bits per heavy atom. The van der Waals surface area contributed by atoms with E-state index in [0.29, 0.717) is 11.7 Å². The van der Waals surface area contributed by atoms with E-state index in [1.807, 2.05) is 29.2 Å². The van der Waals surface area contributed by atoms with Crippen LogP contribution in [0.1, 0.15) is 42.3 Å². The van der Waals surface area contributed by atoms with Crippen molar-refractivity contribution >= 4 is 39.6 Å². The predicted octanol–water partition coefficient (Wildman–Crippen LogP) is 5.24. The zero-order valence-electron chi connectivity index (χ0n) is 17.1. The molecule has 1 atom stereocenters. The van der Waals surface area contributed by atoms with Gasteiger partial charge in [-0.15, -0.1) is 11.8 Å². The molecule has 30 heavy (non-hydrogen) atoms. The van der Waals surface area contributed by atoms with E-state index in [1.54, 1.807) is 11.8 Å². The summed E-state index contributed by atoms with van der Waals surface area (Å²) in [7, 11) is 0. The SMILES string of the molecule is CC(SCC(=O)N1CCC(c2c[nH]c3ccccc23)CC1)c1nc2ccccc2[nH]1. The lowest BCUT2D eigenvalue weighted by atomic mass is 9.89. The topological polar surface area (TPSA) is 64.8 Å². The second-order valence-corrected chi connectivity index (χ2v) is 9.37. The zero-order valence-corrected chi connectivity index (χ0v) is 17.9. The van der Waals surface area contributed by atoms with Gasteiger partial charge >= 0.3 is 0 Å². The third kappa shape index (κ3) is 3.72. The number of H-pyrrole nitrogens is 2. The Morgan fingerprint density at radius 3 is 2.67 bits per heavy atom. The Bertz CT molecular complexity index is 1140. The van der Waals surface area contributed by atoms with Crippen LogP contribution in [0.2, 0.25) is 0 Å². The summed E-state index contributed by atoms with van der Waals surface area (Å²) in [5.41, 5.74) is 4.61. The molecule has 1 aliphatic heterocycles. The summed E-state index contributed by atoms with van der Waals surface area (Å²) in [6.45, 7) is 3.78. The van der Waals surface area contributed by atoms with E-state index in [1.165, 1.54) is 16.5 Å². The number of carbonyl (C=O) groups is 1. The molecule has 154 valence electrons. The number of carbonyl (C=O) groups excluding carboxylic acids is 1. The van der Waals surface area contributed by atoms with Crippen molar-refractivity contribution in [2.75, 3.05) is 18.8 Å². The molecule has 2 aromatic carbocycles. The average Bonchev–Trinajstić information content (AvgIpc) is 3.42. The van der Waals surface area contributed by atoms with Crippen LogP contribution >= 0.6 is 11.8 Å². The molecule has 4 aromatic rings. The van der Waals surface area contributed by atoms with Crippen LogP contribution in [0.3, 0.4) is 0 Å². The summed E-state index contributed by atoms with van der Waals surface area (Å²) in [5.74, 6) is 2.19. The van der Waals surface area contributed by atoms with Crippen molar-refractivity contribution in [3.05, 3.63) is 66.1 Å². The number of hydrogen-bond donors (Lipinski definition) is 2. The van der Waals surface area contributed by atoms with Gasteiger partial charge in [-0.3, -0.25) is 4.79 Å². The van der Waals surface area contributed by atoms with Gasteiger partial charge in [-0.2, -0.15) is 0 Å². The molecule has 0 aliphatic carbocycles. The van der Waals surface area contributed by atoms with Crippen molar-refractivity contribution in [3.63, 3.8) is 0 Å². The third-order valence-corrected chi connectivity index (χ3v) is 7.30. The molecule has 3 heterocycles. The maximum absolute atomic E-state index is 12.8. The Morgan fingerprint density at radius 2 is 1.87 bits per heavy atom. The van der Waals surface area contributed by atoms with Gasteiger partial charge in [0.05, 0.1) is 22.0 Å². The lowest BCUT2D eigenvalue weighted by Crippen LogP contribution is -2.39. The zero-order chi connectivity index (χ0) is 20.5. The number of nitrogens with zero attached hydrogens (tertiary/aromatic N) is 2. The van der Waals surface area contributed by atoms with Crippen LogP contribution in [-0.4, -0.2) is 44.6 Å². The molecule has 0 spiro atoms. The van der Waals surface area contributed by atoms with E-state index in [9.17, 15) is 4.79 Å². The summed E-state index contributed by atoms with van der Waals surface area (Å²) in [6.07, 6.45) is 4.20.